The molecule has 0 radical (unpaired) electrons. The number of anilines is 1. The molecule has 3 aromatic rings. The van der Waals surface area contributed by atoms with Crippen molar-refractivity contribution in [3.8, 4) is 0 Å². The molecule has 2 N–H and O–H groups in total. The summed E-state index contributed by atoms with van der Waals surface area (Å²) in [6, 6.07) is 11.5. The number of nitrogens with zero attached hydrogens (tertiary/aromatic N) is 3. The lowest BCUT2D eigenvalue weighted by Crippen LogP contribution is -2.30. The van der Waals surface area contributed by atoms with Crippen molar-refractivity contribution in [2.24, 2.45) is 0 Å². The van der Waals surface area contributed by atoms with Crippen LogP contribution in [0.15, 0.2) is 57.8 Å². The lowest BCUT2D eigenvalue weighted by molar-refractivity contribution is -0.118. The van der Waals surface area contributed by atoms with Crippen LogP contribution in [0.25, 0.3) is 0 Å². The van der Waals surface area contributed by atoms with E-state index in [0.29, 0.717) is 17.4 Å². The number of carbonyl (C=O) groups excluding carboxylic acids is 2. The number of hydrogen-bond acceptors (Lipinski definition) is 8. The van der Waals surface area contributed by atoms with E-state index in [2.05, 4.69) is 20.8 Å². The van der Waals surface area contributed by atoms with Crippen molar-refractivity contribution in [1.29, 1.82) is 0 Å². The molecule has 0 fully saturated rings. The van der Waals surface area contributed by atoms with Gasteiger partial charge in [0.25, 0.3) is 5.91 Å². The number of aromatic nitrogens is 2. The van der Waals surface area contributed by atoms with Crippen LogP contribution >= 0.6 is 23.1 Å². The Morgan fingerprint density at radius 2 is 1.69 bits per heavy atom. The molecule has 0 bridgehead atoms. The van der Waals surface area contributed by atoms with Crippen LogP contribution in [-0.2, 0) is 21.4 Å². The summed E-state index contributed by atoms with van der Waals surface area (Å²) in [5, 5.41) is 13.5. The summed E-state index contributed by atoms with van der Waals surface area (Å²) in [6.45, 7) is 4.52. The standard InChI is InChI=1S/C22H24FN5O4S3/c1-3-28(4-2)35(31,32)18-11-7-16(8-12-18)20(30)25-21-26-27-22(34-21)33-14-19(29)24-13-15-5-9-17(23)10-6-15/h5-12H,3-4,13-14H2,1-2H3,(H,24,29)(H,25,26,30). The van der Waals surface area contributed by atoms with Gasteiger partial charge in [0, 0.05) is 25.2 Å². The van der Waals surface area contributed by atoms with Crippen LogP contribution in [0.5, 0.6) is 0 Å². The molecule has 1 heterocycles. The molecular formula is C22H24FN5O4S3. The van der Waals surface area contributed by atoms with E-state index in [4.69, 9.17) is 0 Å². The molecule has 9 nitrogen and oxygen atoms in total. The van der Waals surface area contributed by atoms with Crippen LogP contribution in [0.2, 0.25) is 0 Å². The maximum absolute atomic E-state index is 12.9. The second kappa shape index (κ2) is 12.2. The highest BCUT2D eigenvalue weighted by Crippen LogP contribution is 2.26. The molecule has 0 atom stereocenters. The number of rotatable bonds is 11. The second-order valence-electron chi connectivity index (χ2n) is 7.13. The lowest BCUT2D eigenvalue weighted by atomic mass is 10.2. The van der Waals surface area contributed by atoms with Crippen molar-refractivity contribution in [3.05, 3.63) is 65.5 Å². The van der Waals surface area contributed by atoms with E-state index in [1.165, 1.54) is 52.5 Å². The number of sulfonamides is 1. The second-order valence-corrected chi connectivity index (χ2v) is 11.3. The summed E-state index contributed by atoms with van der Waals surface area (Å²) < 4.78 is 39.9. The van der Waals surface area contributed by atoms with E-state index in [-0.39, 0.29) is 39.6 Å². The molecule has 0 unspecified atom stereocenters. The highest BCUT2D eigenvalue weighted by molar-refractivity contribution is 8.01. The molecule has 1 aromatic heterocycles. The number of hydrogen-bond donors (Lipinski definition) is 2. The predicted octanol–water partition coefficient (Wildman–Crippen LogP) is 3.37. The van der Waals surface area contributed by atoms with Crippen LogP contribution in [-0.4, -0.2) is 53.6 Å². The van der Waals surface area contributed by atoms with Crippen LogP contribution in [0.3, 0.4) is 0 Å². The Morgan fingerprint density at radius 1 is 1.03 bits per heavy atom. The zero-order valence-electron chi connectivity index (χ0n) is 19.0. The highest BCUT2D eigenvalue weighted by Gasteiger charge is 2.22. The minimum atomic E-state index is -3.60. The maximum atomic E-state index is 12.9. The molecule has 13 heteroatoms. The number of benzene rings is 2. The average Bonchev–Trinajstić information content (AvgIpc) is 3.30. The van der Waals surface area contributed by atoms with E-state index in [1.807, 2.05) is 0 Å². The van der Waals surface area contributed by atoms with E-state index >= 15 is 0 Å². The first-order valence-corrected chi connectivity index (χ1v) is 13.9. The summed E-state index contributed by atoms with van der Waals surface area (Å²) in [4.78, 5) is 24.7. The maximum Gasteiger partial charge on any atom is 0.257 e. The van der Waals surface area contributed by atoms with Gasteiger partial charge in [0.2, 0.25) is 21.1 Å². The first-order chi connectivity index (χ1) is 16.7. The Balaban J connectivity index is 1.50. The van der Waals surface area contributed by atoms with Gasteiger partial charge >= 0.3 is 0 Å². The van der Waals surface area contributed by atoms with Crippen molar-refractivity contribution in [2.45, 2.75) is 29.6 Å². The fourth-order valence-electron chi connectivity index (χ4n) is 2.96. The van der Waals surface area contributed by atoms with Crippen LogP contribution < -0.4 is 10.6 Å². The molecule has 0 saturated carbocycles. The minimum Gasteiger partial charge on any atom is -0.351 e. The topological polar surface area (TPSA) is 121 Å². The van der Waals surface area contributed by atoms with Crippen molar-refractivity contribution < 1.29 is 22.4 Å². The molecule has 0 aliphatic rings. The van der Waals surface area contributed by atoms with Crippen LogP contribution in [0.4, 0.5) is 9.52 Å². The molecule has 0 spiro atoms. The molecule has 3 rings (SSSR count). The summed E-state index contributed by atoms with van der Waals surface area (Å²) in [7, 11) is -3.60. The Labute approximate surface area is 211 Å². The Morgan fingerprint density at radius 3 is 2.31 bits per heavy atom. The average molecular weight is 538 g/mol. The molecular weight excluding hydrogens is 513 g/mol. The van der Waals surface area contributed by atoms with Gasteiger partial charge in [0.05, 0.1) is 10.6 Å². The van der Waals surface area contributed by atoms with E-state index in [9.17, 15) is 22.4 Å². The quantitative estimate of drug-likeness (QED) is 0.284. The summed E-state index contributed by atoms with van der Waals surface area (Å²) in [5.74, 6) is -0.914. The minimum absolute atomic E-state index is 0.103. The highest BCUT2D eigenvalue weighted by atomic mass is 32.2. The number of amides is 2. The van der Waals surface area contributed by atoms with Crippen molar-refractivity contribution >= 4 is 50.1 Å². The molecule has 186 valence electrons. The number of thioether (sulfide) groups is 1. The van der Waals surface area contributed by atoms with Gasteiger partial charge in [0.1, 0.15) is 5.82 Å². The Hall–Kier alpha value is -2.87. The van der Waals surface area contributed by atoms with Crippen molar-refractivity contribution in [1.82, 2.24) is 19.8 Å². The SMILES string of the molecule is CCN(CC)S(=O)(=O)c1ccc(C(=O)Nc2nnc(SCC(=O)NCc3ccc(F)cc3)s2)cc1. The zero-order valence-corrected chi connectivity index (χ0v) is 21.5. The van der Waals surface area contributed by atoms with Crippen molar-refractivity contribution in [3.63, 3.8) is 0 Å². The van der Waals surface area contributed by atoms with E-state index in [1.54, 1.807) is 26.0 Å². The fourth-order valence-corrected chi connectivity index (χ4v) is 5.99. The lowest BCUT2D eigenvalue weighted by Gasteiger charge is -2.18. The van der Waals surface area contributed by atoms with Gasteiger partial charge in [-0.05, 0) is 42.0 Å². The molecule has 0 aliphatic heterocycles. The van der Waals surface area contributed by atoms with Gasteiger partial charge in [-0.15, -0.1) is 10.2 Å². The van der Waals surface area contributed by atoms with E-state index in [0.717, 1.165) is 16.9 Å². The number of carbonyl (C=O) groups is 2. The number of nitrogens with one attached hydrogen (secondary N) is 2. The molecule has 35 heavy (non-hydrogen) atoms. The molecule has 0 saturated heterocycles. The van der Waals surface area contributed by atoms with Crippen LogP contribution in [0, 0.1) is 5.82 Å². The van der Waals surface area contributed by atoms with Crippen molar-refractivity contribution in [2.75, 3.05) is 24.2 Å². The molecule has 0 aliphatic carbocycles. The largest absolute Gasteiger partial charge is 0.351 e. The first-order valence-electron chi connectivity index (χ1n) is 10.6. The Bertz CT molecular complexity index is 1260. The zero-order chi connectivity index (χ0) is 25.4. The molecule has 2 aromatic carbocycles. The third-order valence-corrected chi connectivity index (χ3v) is 8.85. The van der Waals surface area contributed by atoms with Gasteiger partial charge in [-0.1, -0.05) is 49.1 Å². The third kappa shape index (κ3) is 7.31. The van der Waals surface area contributed by atoms with Gasteiger partial charge in [-0.3, -0.25) is 14.9 Å². The van der Waals surface area contributed by atoms with Gasteiger partial charge in [-0.2, -0.15) is 4.31 Å². The first kappa shape index (κ1) is 26.7. The number of halogens is 1. The normalized spacial score (nSPS) is 11.4. The van der Waals surface area contributed by atoms with Gasteiger partial charge in [0.15, 0.2) is 4.34 Å². The van der Waals surface area contributed by atoms with E-state index < -0.39 is 15.9 Å². The molecule has 2 amide bonds. The smallest absolute Gasteiger partial charge is 0.257 e. The van der Waals surface area contributed by atoms with Gasteiger partial charge in [-0.25, -0.2) is 12.8 Å². The summed E-state index contributed by atoms with van der Waals surface area (Å²) in [6.07, 6.45) is 0. The van der Waals surface area contributed by atoms with Gasteiger partial charge < -0.3 is 5.32 Å². The third-order valence-electron chi connectivity index (χ3n) is 4.82. The van der Waals surface area contributed by atoms with Crippen LogP contribution in [0.1, 0.15) is 29.8 Å². The summed E-state index contributed by atoms with van der Waals surface area (Å²) in [5.41, 5.74) is 1.05. The monoisotopic (exact) mass is 537 g/mol. The Kier molecular flexibility index (Phi) is 9.32. The fraction of sp³-hybridized carbons (Fsp3) is 0.273. The summed E-state index contributed by atoms with van der Waals surface area (Å²) >= 11 is 2.29. The predicted molar refractivity (Wildman–Crippen MR) is 133 cm³/mol.